The number of nitrogens with one attached hydrogen (secondary N) is 1. The minimum Gasteiger partial charge on any atom is -0.369 e. The minimum absolute atomic E-state index is 0.124. The van der Waals surface area contributed by atoms with Crippen LogP contribution in [0.25, 0.3) is 0 Å². The van der Waals surface area contributed by atoms with Gasteiger partial charge in [0.1, 0.15) is 6.04 Å². The molecule has 0 bridgehead atoms. The van der Waals surface area contributed by atoms with Gasteiger partial charge in [-0.15, -0.1) is 0 Å². The number of fused-ring (bicyclic) bond motifs is 1. The van der Waals surface area contributed by atoms with E-state index in [1.54, 1.807) is 12.1 Å². The lowest BCUT2D eigenvalue weighted by molar-refractivity contribution is -0.136. The number of piperidine rings is 1. The first kappa shape index (κ1) is 15.6. The van der Waals surface area contributed by atoms with Crippen molar-refractivity contribution in [2.75, 3.05) is 18.0 Å². The summed E-state index contributed by atoms with van der Waals surface area (Å²) in [4.78, 5) is 52.0. The first-order valence-electron chi connectivity index (χ1n) is 7.71. The van der Waals surface area contributed by atoms with Crippen LogP contribution < -0.4 is 10.2 Å². The molecule has 2 saturated heterocycles. The fourth-order valence-electron chi connectivity index (χ4n) is 3.38. The number of carbonyl (C=O) groups excluding carboxylic acids is 4. The molecule has 124 valence electrons. The van der Waals surface area contributed by atoms with E-state index in [1.165, 1.54) is 0 Å². The third-order valence-corrected chi connectivity index (χ3v) is 5.41. The summed E-state index contributed by atoms with van der Waals surface area (Å²) in [5, 5.41) is 2.20. The molecule has 1 aromatic carbocycles. The maximum absolute atomic E-state index is 12.9. The van der Waals surface area contributed by atoms with E-state index < -0.39 is 23.8 Å². The number of hydrogen-bond acceptors (Lipinski definition) is 5. The normalized spacial score (nSPS) is 24.1. The molecule has 7 nitrogen and oxygen atoms in total. The van der Waals surface area contributed by atoms with Gasteiger partial charge in [-0.05, 0) is 18.6 Å². The molecule has 4 rings (SSSR count). The van der Waals surface area contributed by atoms with Crippen molar-refractivity contribution in [3.63, 3.8) is 0 Å². The molecule has 0 aromatic heterocycles. The average Bonchev–Trinajstić information content (AvgIpc) is 2.77. The van der Waals surface area contributed by atoms with E-state index in [9.17, 15) is 19.2 Å². The first-order valence-corrected chi connectivity index (χ1v) is 8.95. The number of alkyl halides is 1. The molecule has 3 aliphatic rings. The summed E-state index contributed by atoms with van der Waals surface area (Å²) >= 11 is 2.35. The molecule has 0 saturated carbocycles. The maximum atomic E-state index is 12.9. The van der Waals surface area contributed by atoms with E-state index in [4.69, 9.17) is 0 Å². The Kier molecular flexibility index (Phi) is 3.59. The van der Waals surface area contributed by atoms with Gasteiger partial charge in [-0.25, -0.2) is 0 Å². The number of benzene rings is 1. The van der Waals surface area contributed by atoms with Crippen LogP contribution in [0.5, 0.6) is 0 Å². The van der Waals surface area contributed by atoms with Gasteiger partial charge in [0.05, 0.1) is 16.8 Å². The zero-order chi connectivity index (χ0) is 17.0. The highest BCUT2D eigenvalue weighted by Crippen LogP contribution is 2.36. The molecule has 24 heavy (non-hydrogen) atoms. The summed E-state index contributed by atoms with van der Waals surface area (Å²) < 4.78 is 0.525. The third kappa shape index (κ3) is 2.23. The Hall–Kier alpha value is -1.97. The summed E-state index contributed by atoms with van der Waals surface area (Å²) in [5.74, 6) is -1.87. The minimum atomic E-state index is -0.920. The van der Waals surface area contributed by atoms with E-state index in [2.05, 4.69) is 32.8 Å². The molecule has 0 spiro atoms. The molecule has 3 heterocycles. The quantitative estimate of drug-likeness (QED) is 0.417. The zero-order valence-corrected chi connectivity index (χ0v) is 14.8. The summed E-state index contributed by atoms with van der Waals surface area (Å²) in [6, 6.07) is 4.29. The Balaban J connectivity index is 1.70. The molecule has 0 aliphatic carbocycles. The standard InChI is InChI=1S/C16H14IN3O4/c17-8-6-19(7-8)10-3-1-2-9-13(10)16(24)20(15(9)23)11-4-5-12(21)18-14(11)22/h1-3,8,11H,4-7H2,(H,18,21,22). The van der Waals surface area contributed by atoms with E-state index in [0.29, 0.717) is 15.1 Å². The lowest BCUT2D eigenvalue weighted by Gasteiger charge is -2.38. The van der Waals surface area contributed by atoms with Crippen molar-refractivity contribution in [2.45, 2.75) is 22.8 Å². The van der Waals surface area contributed by atoms with Crippen molar-refractivity contribution in [2.24, 2.45) is 0 Å². The zero-order valence-electron chi connectivity index (χ0n) is 12.6. The van der Waals surface area contributed by atoms with Gasteiger partial charge in [-0.2, -0.15) is 0 Å². The smallest absolute Gasteiger partial charge is 0.264 e. The van der Waals surface area contributed by atoms with Gasteiger partial charge in [-0.3, -0.25) is 29.4 Å². The Morgan fingerprint density at radius 3 is 2.50 bits per heavy atom. The van der Waals surface area contributed by atoms with Gasteiger partial charge in [0, 0.05) is 23.4 Å². The molecule has 2 fully saturated rings. The molecule has 1 aromatic rings. The Morgan fingerprint density at radius 2 is 1.83 bits per heavy atom. The van der Waals surface area contributed by atoms with E-state index in [0.717, 1.165) is 23.7 Å². The molecule has 1 atom stereocenters. The summed E-state index contributed by atoms with van der Waals surface area (Å²) in [7, 11) is 0. The topological polar surface area (TPSA) is 86.8 Å². The highest BCUT2D eigenvalue weighted by molar-refractivity contribution is 14.1. The van der Waals surface area contributed by atoms with Crippen LogP contribution in [-0.4, -0.2) is 51.6 Å². The maximum Gasteiger partial charge on any atom is 0.264 e. The molecule has 3 aliphatic heterocycles. The Labute approximate surface area is 151 Å². The van der Waals surface area contributed by atoms with Crippen LogP contribution >= 0.6 is 22.6 Å². The number of hydrogen-bond donors (Lipinski definition) is 1. The lowest BCUT2D eigenvalue weighted by Crippen LogP contribution is -2.54. The summed E-state index contributed by atoms with van der Waals surface area (Å²) in [6.45, 7) is 1.66. The monoisotopic (exact) mass is 439 g/mol. The number of halogens is 1. The van der Waals surface area contributed by atoms with Gasteiger partial charge in [0.25, 0.3) is 11.8 Å². The Morgan fingerprint density at radius 1 is 1.08 bits per heavy atom. The predicted molar refractivity (Wildman–Crippen MR) is 93.1 cm³/mol. The molecule has 8 heteroatoms. The molecular formula is C16H14IN3O4. The predicted octanol–water partition coefficient (Wildman–Crippen LogP) is 0.711. The van der Waals surface area contributed by atoms with E-state index >= 15 is 0 Å². The van der Waals surface area contributed by atoms with Crippen LogP contribution in [-0.2, 0) is 9.59 Å². The molecular weight excluding hydrogens is 425 g/mol. The molecule has 0 radical (unpaired) electrons. The second kappa shape index (κ2) is 5.54. The van der Waals surface area contributed by atoms with Gasteiger partial charge in [0.15, 0.2) is 0 Å². The van der Waals surface area contributed by atoms with Crippen LogP contribution in [0.4, 0.5) is 5.69 Å². The number of nitrogens with zero attached hydrogens (tertiary/aromatic N) is 2. The van der Waals surface area contributed by atoms with Crippen LogP contribution in [0.2, 0.25) is 0 Å². The van der Waals surface area contributed by atoms with Crippen molar-refractivity contribution in [3.8, 4) is 0 Å². The SMILES string of the molecule is O=C1CCC(N2C(=O)c3cccc(N4CC(I)C4)c3C2=O)C(=O)N1. The number of imide groups is 2. The average molecular weight is 439 g/mol. The van der Waals surface area contributed by atoms with Crippen molar-refractivity contribution >= 4 is 51.9 Å². The van der Waals surface area contributed by atoms with E-state index in [1.807, 2.05) is 6.07 Å². The van der Waals surface area contributed by atoms with Crippen molar-refractivity contribution in [1.82, 2.24) is 10.2 Å². The fraction of sp³-hybridized carbons (Fsp3) is 0.375. The fourth-order valence-corrected chi connectivity index (χ4v) is 4.33. The summed E-state index contributed by atoms with van der Waals surface area (Å²) in [6.07, 6.45) is 0.296. The largest absolute Gasteiger partial charge is 0.369 e. The van der Waals surface area contributed by atoms with Gasteiger partial charge in [-0.1, -0.05) is 28.7 Å². The van der Waals surface area contributed by atoms with Crippen molar-refractivity contribution < 1.29 is 19.2 Å². The van der Waals surface area contributed by atoms with Crippen LogP contribution in [0, 0.1) is 0 Å². The number of anilines is 1. The van der Waals surface area contributed by atoms with E-state index in [-0.39, 0.29) is 18.7 Å². The molecule has 1 N–H and O–H groups in total. The number of rotatable bonds is 2. The summed E-state index contributed by atoms with van der Waals surface area (Å²) in [5.41, 5.74) is 1.45. The third-order valence-electron chi connectivity index (χ3n) is 4.62. The van der Waals surface area contributed by atoms with Gasteiger partial charge < -0.3 is 4.90 Å². The molecule has 1 unspecified atom stereocenters. The Bertz CT molecular complexity index is 788. The van der Waals surface area contributed by atoms with Crippen LogP contribution in [0.1, 0.15) is 33.6 Å². The van der Waals surface area contributed by atoms with Crippen LogP contribution in [0.3, 0.4) is 0 Å². The first-order chi connectivity index (χ1) is 11.5. The van der Waals surface area contributed by atoms with Crippen molar-refractivity contribution in [3.05, 3.63) is 29.3 Å². The highest BCUT2D eigenvalue weighted by Gasteiger charge is 2.46. The van der Waals surface area contributed by atoms with Gasteiger partial charge >= 0.3 is 0 Å². The number of carbonyl (C=O) groups is 4. The van der Waals surface area contributed by atoms with Crippen LogP contribution in [0.15, 0.2) is 18.2 Å². The van der Waals surface area contributed by atoms with Gasteiger partial charge in [0.2, 0.25) is 11.8 Å². The molecule has 4 amide bonds. The lowest BCUT2D eigenvalue weighted by atomic mass is 10.0. The highest BCUT2D eigenvalue weighted by atomic mass is 127. The second-order valence-electron chi connectivity index (χ2n) is 6.15. The second-order valence-corrected chi connectivity index (χ2v) is 7.91. The van der Waals surface area contributed by atoms with Crippen molar-refractivity contribution in [1.29, 1.82) is 0 Å². The number of amides is 4.